The van der Waals surface area contributed by atoms with Gasteiger partial charge in [-0.2, -0.15) is 0 Å². The van der Waals surface area contributed by atoms with E-state index in [1.807, 2.05) is 31.7 Å². The lowest BCUT2D eigenvalue weighted by Crippen LogP contribution is -2.58. The third-order valence-corrected chi connectivity index (χ3v) is 4.83. The van der Waals surface area contributed by atoms with Crippen LogP contribution in [0.2, 0.25) is 0 Å². The van der Waals surface area contributed by atoms with E-state index in [1.165, 1.54) is 5.56 Å². The molecule has 1 amide bonds. The Balaban J connectivity index is 1.67. The number of carbonyl (C=O) groups is 1. The summed E-state index contributed by atoms with van der Waals surface area (Å²) in [5.41, 5.74) is 1.68. The number of piperazine rings is 1. The lowest BCUT2D eigenvalue weighted by Gasteiger charge is -2.43. The number of pyridine rings is 1. The summed E-state index contributed by atoms with van der Waals surface area (Å²) in [5.74, 6) is 1.03. The molecule has 0 saturated carbocycles. The molecule has 2 atom stereocenters. The summed E-state index contributed by atoms with van der Waals surface area (Å²) in [5, 5.41) is 0. The molecule has 0 bridgehead atoms. The van der Waals surface area contributed by atoms with E-state index >= 15 is 0 Å². The van der Waals surface area contributed by atoms with Crippen LogP contribution in [0.1, 0.15) is 39.0 Å². The molecule has 7 heteroatoms. The van der Waals surface area contributed by atoms with Gasteiger partial charge in [0.25, 0.3) is 0 Å². The number of hydrogen-bond acceptors (Lipinski definition) is 6. The van der Waals surface area contributed by atoms with Crippen molar-refractivity contribution in [2.24, 2.45) is 0 Å². The van der Waals surface area contributed by atoms with Crippen LogP contribution >= 0.6 is 0 Å². The van der Waals surface area contributed by atoms with Gasteiger partial charge in [-0.15, -0.1) is 0 Å². The van der Waals surface area contributed by atoms with Gasteiger partial charge in [-0.3, -0.25) is 0 Å². The predicted octanol–water partition coefficient (Wildman–Crippen LogP) is 2.61. The Bertz CT molecular complexity index is 674. The second-order valence-corrected chi connectivity index (χ2v) is 8.33. The molecular formula is C20H31N3O4. The van der Waals surface area contributed by atoms with E-state index in [0.717, 1.165) is 17.9 Å². The van der Waals surface area contributed by atoms with E-state index in [9.17, 15) is 4.79 Å². The Morgan fingerprint density at radius 3 is 2.74 bits per heavy atom. The molecule has 0 spiro atoms. The fourth-order valence-corrected chi connectivity index (χ4v) is 3.76. The fraction of sp³-hybridized carbons (Fsp3) is 0.700. The van der Waals surface area contributed by atoms with Crippen molar-refractivity contribution in [1.29, 1.82) is 0 Å². The van der Waals surface area contributed by atoms with E-state index < -0.39 is 5.60 Å². The van der Waals surface area contributed by atoms with Crippen molar-refractivity contribution >= 4 is 11.9 Å². The lowest BCUT2D eigenvalue weighted by molar-refractivity contribution is 0.0191. The first-order chi connectivity index (χ1) is 12.8. The summed E-state index contributed by atoms with van der Waals surface area (Å²) in [6, 6.07) is 4.60. The van der Waals surface area contributed by atoms with Crippen LogP contribution in [0.4, 0.5) is 10.6 Å². The van der Waals surface area contributed by atoms with Crippen LogP contribution in [0, 0.1) is 0 Å². The Morgan fingerprint density at radius 1 is 1.26 bits per heavy atom. The highest BCUT2D eigenvalue weighted by Crippen LogP contribution is 2.35. The van der Waals surface area contributed by atoms with Crippen molar-refractivity contribution in [1.82, 2.24) is 9.88 Å². The van der Waals surface area contributed by atoms with Gasteiger partial charge in [0.05, 0.1) is 31.6 Å². The Kier molecular flexibility index (Phi) is 5.91. The van der Waals surface area contributed by atoms with Crippen molar-refractivity contribution in [2.75, 3.05) is 38.3 Å². The second kappa shape index (κ2) is 8.02. The smallest absolute Gasteiger partial charge is 0.410 e. The number of aromatic nitrogens is 1. The van der Waals surface area contributed by atoms with Crippen LogP contribution < -0.4 is 4.90 Å². The maximum atomic E-state index is 12.5. The molecule has 3 rings (SSSR count). The highest BCUT2D eigenvalue weighted by atomic mass is 16.6. The molecular weight excluding hydrogens is 346 g/mol. The number of rotatable bonds is 5. The summed E-state index contributed by atoms with van der Waals surface area (Å²) in [4.78, 5) is 21.5. The molecule has 0 aromatic carbocycles. The number of nitrogens with zero attached hydrogens (tertiary/aromatic N) is 3. The van der Waals surface area contributed by atoms with E-state index in [2.05, 4.69) is 17.9 Å². The van der Waals surface area contributed by atoms with Gasteiger partial charge in [-0.25, -0.2) is 9.78 Å². The number of ether oxygens (including phenoxy) is 3. The molecule has 2 aliphatic heterocycles. The molecule has 0 radical (unpaired) electrons. The maximum absolute atomic E-state index is 12.5. The predicted molar refractivity (Wildman–Crippen MR) is 103 cm³/mol. The zero-order chi connectivity index (χ0) is 19.6. The molecule has 0 N–H and O–H groups in total. The third-order valence-electron chi connectivity index (χ3n) is 4.83. The topological polar surface area (TPSA) is 64.1 Å². The third kappa shape index (κ3) is 4.71. The van der Waals surface area contributed by atoms with Gasteiger partial charge in [0.15, 0.2) is 0 Å². The van der Waals surface area contributed by atoms with Crippen LogP contribution in [0.3, 0.4) is 0 Å². The molecule has 2 aliphatic rings. The zero-order valence-electron chi connectivity index (χ0n) is 17.0. The van der Waals surface area contributed by atoms with Gasteiger partial charge in [0.2, 0.25) is 0 Å². The normalized spacial score (nSPS) is 21.8. The highest BCUT2D eigenvalue weighted by molar-refractivity contribution is 5.69. The fourth-order valence-electron chi connectivity index (χ4n) is 3.76. The van der Waals surface area contributed by atoms with E-state index in [0.29, 0.717) is 32.9 Å². The Morgan fingerprint density at radius 2 is 2.04 bits per heavy atom. The van der Waals surface area contributed by atoms with Gasteiger partial charge in [-0.05, 0) is 45.7 Å². The summed E-state index contributed by atoms with van der Waals surface area (Å²) in [6.45, 7) is 10.8. The van der Waals surface area contributed by atoms with Crippen LogP contribution in [0.5, 0.6) is 0 Å². The zero-order valence-corrected chi connectivity index (χ0v) is 17.0. The lowest BCUT2D eigenvalue weighted by atomic mass is 10.1. The summed E-state index contributed by atoms with van der Waals surface area (Å²) in [6.07, 6.45) is 0.668. The molecule has 0 aliphatic carbocycles. The van der Waals surface area contributed by atoms with Crippen LogP contribution in [-0.4, -0.2) is 67.1 Å². The Hall–Kier alpha value is -1.86. The van der Waals surface area contributed by atoms with E-state index in [1.54, 1.807) is 7.11 Å². The number of anilines is 1. The van der Waals surface area contributed by atoms with Gasteiger partial charge in [0, 0.05) is 26.2 Å². The number of methoxy groups -OCH3 is 1. The van der Waals surface area contributed by atoms with E-state index in [-0.39, 0.29) is 18.2 Å². The number of fused-ring (bicyclic) bond motifs is 3. The largest absolute Gasteiger partial charge is 0.444 e. The Labute approximate surface area is 161 Å². The standard InChI is InChI=1S/C20H31N3O4/c1-14-11-22(19(24)27-20(2,3)4)12-17-10-15-6-7-16(13-26-9-8-25-5)21-18(15)23(14)17/h6-7,14,17H,8-13H2,1-5H3/t14-,17-/m1/s1. The van der Waals surface area contributed by atoms with Gasteiger partial charge in [0.1, 0.15) is 11.4 Å². The molecule has 1 fully saturated rings. The molecule has 7 nitrogen and oxygen atoms in total. The first-order valence-electron chi connectivity index (χ1n) is 9.60. The summed E-state index contributed by atoms with van der Waals surface area (Å²) < 4.78 is 16.2. The molecule has 1 aromatic heterocycles. The summed E-state index contributed by atoms with van der Waals surface area (Å²) in [7, 11) is 1.66. The molecule has 0 unspecified atom stereocenters. The van der Waals surface area contributed by atoms with Crippen molar-refractivity contribution in [2.45, 2.75) is 58.4 Å². The van der Waals surface area contributed by atoms with Gasteiger partial charge >= 0.3 is 6.09 Å². The number of carbonyl (C=O) groups excluding carboxylic acids is 1. The maximum Gasteiger partial charge on any atom is 0.410 e. The molecule has 3 heterocycles. The van der Waals surface area contributed by atoms with Crippen molar-refractivity contribution in [3.8, 4) is 0 Å². The van der Waals surface area contributed by atoms with Crippen LogP contribution in [0.15, 0.2) is 12.1 Å². The first-order valence-corrected chi connectivity index (χ1v) is 9.60. The molecule has 150 valence electrons. The number of amides is 1. The van der Waals surface area contributed by atoms with Crippen LogP contribution in [0.25, 0.3) is 0 Å². The van der Waals surface area contributed by atoms with Crippen molar-refractivity contribution in [3.05, 3.63) is 23.4 Å². The highest BCUT2D eigenvalue weighted by Gasteiger charge is 2.41. The quantitative estimate of drug-likeness (QED) is 0.735. The van der Waals surface area contributed by atoms with Gasteiger partial charge < -0.3 is 24.0 Å². The van der Waals surface area contributed by atoms with Crippen molar-refractivity contribution < 1.29 is 19.0 Å². The number of hydrogen-bond donors (Lipinski definition) is 0. The van der Waals surface area contributed by atoms with Gasteiger partial charge in [-0.1, -0.05) is 6.07 Å². The second-order valence-electron chi connectivity index (χ2n) is 8.33. The SMILES string of the molecule is COCCOCc1ccc2c(n1)N1[C@H](C2)CN(C(=O)OC(C)(C)C)C[C@H]1C. The minimum Gasteiger partial charge on any atom is -0.444 e. The molecule has 1 saturated heterocycles. The molecule has 27 heavy (non-hydrogen) atoms. The van der Waals surface area contributed by atoms with E-state index in [4.69, 9.17) is 19.2 Å². The summed E-state index contributed by atoms with van der Waals surface area (Å²) >= 11 is 0. The van der Waals surface area contributed by atoms with Crippen molar-refractivity contribution in [3.63, 3.8) is 0 Å². The minimum atomic E-state index is -0.477. The first kappa shape index (κ1) is 19.9. The minimum absolute atomic E-state index is 0.190. The monoisotopic (exact) mass is 377 g/mol. The van der Waals surface area contributed by atoms with Crippen LogP contribution in [-0.2, 0) is 27.2 Å². The average molecular weight is 377 g/mol. The molecule has 1 aromatic rings. The average Bonchev–Trinajstić information content (AvgIpc) is 2.95.